The number of ether oxygens (including phenoxy) is 1. The van der Waals surface area contributed by atoms with Crippen molar-refractivity contribution in [3.05, 3.63) is 63.9 Å². The van der Waals surface area contributed by atoms with Gasteiger partial charge in [-0.3, -0.25) is 4.79 Å². The van der Waals surface area contributed by atoms with Crippen LogP contribution < -0.4 is 5.32 Å². The first-order valence-corrected chi connectivity index (χ1v) is 9.97. The van der Waals surface area contributed by atoms with Crippen molar-refractivity contribution in [3.63, 3.8) is 0 Å². The van der Waals surface area contributed by atoms with E-state index in [9.17, 15) is 4.79 Å². The van der Waals surface area contributed by atoms with Crippen molar-refractivity contribution in [1.29, 1.82) is 0 Å². The van der Waals surface area contributed by atoms with Crippen molar-refractivity contribution in [2.24, 2.45) is 0 Å². The molecule has 0 saturated carbocycles. The molecule has 0 radical (unpaired) electrons. The fraction of sp³-hybridized carbons (Fsp3) is 0.333. The maximum atomic E-state index is 12.9. The number of fused-ring (bicyclic) bond motifs is 1. The van der Waals surface area contributed by atoms with E-state index < -0.39 is 0 Å². The highest BCUT2D eigenvalue weighted by Gasteiger charge is 2.24. The summed E-state index contributed by atoms with van der Waals surface area (Å²) in [6, 6.07) is 12.9. The fourth-order valence-corrected chi connectivity index (χ4v) is 3.84. The first-order valence-electron chi connectivity index (χ1n) is 9.22. The van der Waals surface area contributed by atoms with Crippen molar-refractivity contribution in [3.8, 4) is 0 Å². The van der Waals surface area contributed by atoms with Crippen LogP contribution >= 0.6 is 23.2 Å². The maximum absolute atomic E-state index is 12.9. The molecule has 5 nitrogen and oxygen atoms in total. The summed E-state index contributed by atoms with van der Waals surface area (Å²) in [5.74, 6) is 0.694. The van der Waals surface area contributed by atoms with Crippen molar-refractivity contribution >= 4 is 40.1 Å². The largest absolute Gasteiger partial charge is 0.383 e. The van der Waals surface area contributed by atoms with E-state index in [1.807, 2.05) is 54.0 Å². The Balaban J connectivity index is 2.04. The Morgan fingerprint density at radius 3 is 2.57 bits per heavy atom. The second kappa shape index (κ2) is 9.41. The number of halogens is 2. The number of hydrogen-bond acceptors (Lipinski definition) is 3. The number of nitrogens with zero attached hydrogens (tertiary/aromatic N) is 2. The molecule has 1 heterocycles. The minimum absolute atomic E-state index is 0.0609. The standard InChI is InChI=1S/C21H23Cl2N3O2/c1-3-18(21(27)24-11-12-28-2)26-19-10-5-4-9-17(19)25-20(26)13-14-15(22)7-6-8-16(14)23/h4-10,18H,3,11-13H2,1-2H3,(H,24,27)/t18-/m0/s1. The summed E-state index contributed by atoms with van der Waals surface area (Å²) in [6.45, 7) is 2.92. The highest BCUT2D eigenvalue weighted by molar-refractivity contribution is 6.36. The molecule has 1 amide bonds. The summed E-state index contributed by atoms with van der Waals surface area (Å²) in [6.07, 6.45) is 1.07. The average Bonchev–Trinajstić information content (AvgIpc) is 3.04. The number of carbonyl (C=O) groups excluding carboxylic acids is 1. The monoisotopic (exact) mass is 419 g/mol. The molecular formula is C21H23Cl2N3O2. The highest BCUT2D eigenvalue weighted by atomic mass is 35.5. The van der Waals surface area contributed by atoms with E-state index in [1.54, 1.807) is 7.11 Å². The normalized spacial score (nSPS) is 12.3. The molecular weight excluding hydrogens is 397 g/mol. The van der Waals surface area contributed by atoms with E-state index in [4.69, 9.17) is 32.9 Å². The first-order chi connectivity index (χ1) is 13.6. The van der Waals surface area contributed by atoms with Crippen LogP contribution in [0.1, 0.15) is 30.8 Å². The number of hydrogen-bond donors (Lipinski definition) is 1. The van der Waals surface area contributed by atoms with Gasteiger partial charge in [0, 0.05) is 30.1 Å². The van der Waals surface area contributed by atoms with Gasteiger partial charge in [0.1, 0.15) is 11.9 Å². The molecule has 0 aliphatic rings. The van der Waals surface area contributed by atoms with E-state index >= 15 is 0 Å². The first kappa shape index (κ1) is 20.6. The van der Waals surface area contributed by atoms with Gasteiger partial charge in [-0.15, -0.1) is 0 Å². The third kappa shape index (κ3) is 4.32. The zero-order valence-corrected chi connectivity index (χ0v) is 17.4. The lowest BCUT2D eigenvalue weighted by Gasteiger charge is -2.20. The summed E-state index contributed by atoms with van der Waals surface area (Å²) >= 11 is 12.8. The van der Waals surface area contributed by atoms with Crippen LogP contribution in [-0.4, -0.2) is 35.7 Å². The highest BCUT2D eigenvalue weighted by Crippen LogP contribution is 2.30. The molecule has 0 saturated heterocycles. The second-order valence-electron chi connectivity index (χ2n) is 6.47. The number of methoxy groups -OCH3 is 1. The third-order valence-electron chi connectivity index (χ3n) is 4.67. The smallest absolute Gasteiger partial charge is 0.243 e. The molecule has 7 heteroatoms. The van der Waals surface area contributed by atoms with Gasteiger partial charge in [0.05, 0.1) is 17.6 Å². The summed E-state index contributed by atoms with van der Waals surface area (Å²) < 4.78 is 7.03. The van der Waals surface area contributed by atoms with E-state index in [1.165, 1.54) is 0 Å². The van der Waals surface area contributed by atoms with Crippen LogP contribution in [0.15, 0.2) is 42.5 Å². The number of para-hydroxylation sites is 2. The summed E-state index contributed by atoms with van der Waals surface area (Å²) in [7, 11) is 1.61. The van der Waals surface area contributed by atoms with E-state index in [-0.39, 0.29) is 11.9 Å². The zero-order chi connectivity index (χ0) is 20.1. The molecule has 0 spiro atoms. The molecule has 3 rings (SSSR count). The number of benzene rings is 2. The molecule has 3 aromatic rings. The second-order valence-corrected chi connectivity index (χ2v) is 7.29. The van der Waals surface area contributed by atoms with Crippen LogP contribution in [0.4, 0.5) is 0 Å². The summed E-state index contributed by atoms with van der Waals surface area (Å²) in [5.41, 5.74) is 2.55. The Hall–Kier alpha value is -2.08. The minimum Gasteiger partial charge on any atom is -0.383 e. The van der Waals surface area contributed by atoms with Gasteiger partial charge in [-0.25, -0.2) is 4.98 Å². The van der Waals surface area contributed by atoms with Crippen LogP contribution in [0.2, 0.25) is 10.0 Å². The van der Waals surface area contributed by atoms with Gasteiger partial charge in [0.2, 0.25) is 5.91 Å². The van der Waals surface area contributed by atoms with Crippen LogP contribution in [0.5, 0.6) is 0 Å². The minimum atomic E-state index is -0.388. The molecule has 2 aromatic carbocycles. The topological polar surface area (TPSA) is 56.1 Å². The number of imidazole rings is 1. The lowest BCUT2D eigenvalue weighted by Crippen LogP contribution is -2.35. The van der Waals surface area contributed by atoms with Gasteiger partial charge < -0.3 is 14.6 Å². The number of rotatable bonds is 8. The summed E-state index contributed by atoms with van der Waals surface area (Å²) in [5, 5.41) is 4.11. The van der Waals surface area contributed by atoms with Crippen molar-refractivity contribution in [1.82, 2.24) is 14.9 Å². The third-order valence-corrected chi connectivity index (χ3v) is 5.38. The van der Waals surface area contributed by atoms with Gasteiger partial charge in [-0.2, -0.15) is 0 Å². The fourth-order valence-electron chi connectivity index (χ4n) is 3.31. The van der Waals surface area contributed by atoms with Gasteiger partial charge in [-0.1, -0.05) is 48.3 Å². The van der Waals surface area contributed by atoms with Crippen LogP contribution in [-0.2, 0) is 16.0 Å². The van der Waals surface area contributed by atoms with Crippen molar-refractivity contribution in [2.75, 3.05) is 20.3 Å². The molecule has 28 heavy (non-hydrogen) atoms. The lowest BCUT2D eigenvalue weighted by molar-refractivity contribution is -0.124. The number of amides is 1. The Morgan fingerprint density at radius 2 is 1.89 bits per heavy atom. The molecule has 1 atom stereocenters. The predicted octanol–water partition coefficient (Wildman–Crippen LogP) is 4.65. The SMILES string of the molecule is CC[C@@H](C(=O)NCCOC)n1c(Cc2c(Cl)cccc2Cl)nc2ccccc21. The van der Waals surface area contributed by atoms with Crippen LogP contribution in [0.25, 0.3) is 11.0 Å². The number of carbonyl (C=O) groups is 1. The average molecular weight is 420 g/mol. The zero-order valence-electron chi connectivity index (χ0n) is 15.9. The van der Waals surface area contributed by atoms with Gasteiger partial charge in [0.15, 0.2) is 0 Å². The van der Waals surface area contributed by atoms with Crippen LogP contribution in [0, 0.1) is 0 Å². The molecule has 0 bridgehead atoms. The predicted molar refractivity (Wildman–Crippen MR) is 113 cm³/mol. The van der Waals surface area contributed by atoms with E-state index in [0.717, 1.165) is 22.4 Å². The Kier molecular flexibility index (Phi) is 6.94. The maximum Gasteiger partial charge on any atom is 0.243 e. The lowest BCUT2D eigenvalue weighted by atomic mass is 10.1. The molecule has 0 unspecified atom stereocenters. The number of nitrogens with one attached hydrogen (secondary N) is 1. The molecule has 1 N–H and O–H groups in total. The van der Waals surface area contributed by atoms with Gasteiger partial charge >= 0.3 is 0 Å². The molecule has 148 valence electrons. The van der Waals surface area contributed by atoms with Gasteiger partial charge in [0.25, 0.3) is 0 Å². The van der Waals surface area contributed by atoms with E-state index in [0.29, 0.717) is 36.0 Å². The van der Waals surface area contributed by atoms with Crippen molar-refractivity contribution in [2.45, 2.75) is 25.8 Å². The molecule has 1 aromatic heterocycles. The summed E-state index contributed by atoms with van der Waals surface area (Å²) in [4.78, 5) is 17.6. The van der Waals surface area contributed by atoms with E-state index in [2.05, 4.69) is 5.32 Å². The molecule has 0 aliphatic carbocycles. The Bertz CT molecular complexity index is 951. The van der Waals surface area contributed by atoms with Crippen LogP contribution in [0.3, 0.4) is 0 Å². The quantitative estimate of drug-likeness (QED) is 0.540. The number of aromatic nitrogens is 2. The van der Waals surface area contributed by atoms with Gasteiger partial charge in [-0.05, 0) is 36.2 Å². The molecule has 0 aliphatic heterocycles. The Morgan fingerprint density at radius 1 is 1.18 bits per heavy atom. The Labute approximate surface area is 174 Å². The molecule has 0 fully saturated rings. The van der Waals surface area contributed by atoms with Crippen molar-refractivity contribution < 1.29 is 9.53 Å².